The standard InChI is InChI=1S/C12H16N4S/c1-9-5-10(2)16(14-9)11-6-15(7-11)8-12-13-3-4-17-12/h3-5,11H,6-8H2,1-2H3. The van der Waals surface area contributed by atoms with Gasteiger partial charge in [0.1, 0.15) is 5.01 Å². The smallest absolute Gasteiger partial charge is 0.107 e. The molecule has 3 rings (SSSR count). The summed E-state index contributed by atoms with van der Waals surface area (Å²) < 4.78 is 2.16. The summed E-state index contributed by atoms with van der Waals surface area (Å²) in [5.74, 6) is 0. The number of aromatic nitrogens is 3. The van der Waals surface area contributed by atoms with E-state index in [9.17, 15) is 0 Å². The zero-order valence-electron chi connectivity index (χ0n) is 10.1. The zero-order chi connectivity index (χ0) is 11.8. The van der Waals surface area contributed by atoms with Crippen LogP contribution in [0.25, 0.3) is 0 Å². The molecule has 0 aromatic carbocycles. The van der Waals surface area contributed by atoms with Gasteiger partial charge in [0.25, 0.3) is 0 Å². The van der Waals surface area contributed by atoms with Crippen molar-refractivity contribution in [2.24, 2.45) is 0 Å². The number of aryl methyl sites for hydroxylation is 2. The van der Waals surface area contributed by atoms with E-state index in [1.165, 1.54) is 10.7 Å². The quantitative estimate of drug-likeness (QED) is 0.833. The van der Waals surface area contributed by atoms with Crippen molar-refractivity contribution in [3.05, 3.63) is 34.0 Å². The summed E-state index contributed by atoms with van der Waals surface area (Å²) in [5, 5.41) is 7.78. The first-order valence-electron chi connectivity index (χ1n) is 5.86. The van der Waals surface area contributed by atoms with Gasteiger partial charge in [-0.15, -0.1) is 11.3 Å². The van der Waals surface area contributed by atoms with Gasteiger partial charge in [-0.2, -0.15) is 5.10 Å². The molecule has 3 heterocycles. The van der Waals surface area contributed by atoms with E-state index in [1.807, 2.05) is 11.6 Å². The highest BCUT2D eigenvalue weighted by Crippen LogP contribution is 2.24. The molecule has 0 saturated carbocycles. The molecule has 0 radical (unpaired) electrons. The first-order chi connectivity index (χ1) is 8.22. The van der Waals surface area contributed by atoms with Gasteiger partial charge in [0, 0.05) is 30.4 Å². The normalized spacial score (nSPS) is 17.3. The summed E-state index contributed by atoms with van der Waals surface area (Å²) in [6, 6.07) is 2.69. The number of thiazole rings is 1. The van der Waals surface area contributed by atoms with Gasteiger partial charge < -0.3 is 0 Å². The van der Waals surface area contributed by atoms with Crippen molar-refractivity contribution < 1.29 is 0 Å². The summed E-state index contributed by atoms with van der Waals surface area (Å²) in [7, 11) is 0. The largest absolute Gasteiger partial charge is 0.292 e. The highest BCUT2D eigenvalue weighted by atomic mass is 32.1. The fourth-order valence-electron chi connectivity index (χ4n) is 2.36. The fourth-order valence-corrected chi connectivity index (χ4v) is 3.02. The molecule has 17 heavy (non-hydrogen) atoms. The molecule has 5 heteroatoms. The van der Waals surface area contributed by atoms with Gasteiger partial charge in [0.2, 0.25) is 0 Å². The second kappa shape index (κ2) is 4.23. The van der Waals surface area contributed by atoms with E-state index in [2.05, 4.69) is 39.6 Å². The predicted octanol–water partition coefficient (Wildman–Crippen LogP) is 2.01. The average molecular weight is 248 g/mol. The van der Waals surface area contributed by atoms with Gasteiger partial charge >= 0.3 is 0 Å². The molecule has 0 aliphatic carbocycles. The lowest BCUT2D eigenvalue weighted by molar-refractivity contribution is 0.0893. The molecule has 1 aliphatic heterocycles. The number of hydrogen-bond donors (Lipinski definition) is 0. The van der Waals surface area contributed by atoms with Crippen molar-refractivity contribution in [3.8, 4) is 0 Å². The summed E-state index contributed by atoms with van der Waals surface area (Å²) in [5.41, 5.74) is 2.38. The minimum atomic E-state index is 0.545. The maximum Gasteiger partial charge on any atom is 0.107 e. The topological polar surface area (TPSA) is 34.0 Å². The van der Waals surface area contributed by atoms with Crippen LogP contribution >= 0.6 is 11.3 Å². The highest BCUT2D eigenvalue weighted by molar-refractivity contribution is 7.09. The summed E-state index contributed by atoms with van der Waals surface area (Å²) in [6.45, 7) is 7.33. The Morgan fingerprint density at radius 1 is 1.41 bits per heavy atom. The van der Waals surface area contributed by atoms with Gasteiger partial charge in [0.05, 0.1) is 18.3 Å². The van der Waals surface area contributed by atoms with Crippen molar-refractivity contribution in [1.29, 1.82) is 0 Å². The first-order valence-corrected chi connectivity index (χ1v) is 6.74. The lowest BCUT2D eigenvalue weighted by atomic mass is 10.1. The minimum Gasteiger partial charge on any atom is -0.292 e. The molecule has 0 spiro atoms. The van der Waals surface area contributed by atoms with E-state index >= 15 is 0 Å². The molecule has 0 atom stereocenters. The van der Waals surface area contributed by atoms with Crippen LogP contribution in [-0.4, -0.2) is 32.8 Å². The van der Waals surface area contributed by atoms with Gasteiger partial charge in [-0.25, -0.2) is 4.98 Å². The van der Waals surface area contributed by atoms with Gasteiger partial charge in [0.15, 0.2) is 0 Å². The maximum absolute atomic E-state index is 4.54. The molecule has 0 amide bonds. The van der Waals surface area contributed by atoms with E-state index in [-0.39, 0.29) is 0 Å². The van der Waals surface area contributed by atoms with Crippen LogP contribution in [-0.2, 0) is 6.54 Å². The molecule has 0 bridgehead atoms. The van der Waals surface area contributed by atoms with Crippen LogP contribution < -0.4 is 0 Å². The number of rotatable bonds is 3. The molecule has 2 aromatic rings. The van der Waals surface area contributed by atoms with Crippen LogP contribution in [0.2, 0.25) is 0 Å². The van der Waals surface area contributed by atoms with Gasteiger partial charge in [-0.1, -0.05) is 0 Å². The zero-order valence-corrected chi connectivity index (χ0v) is 10.9. The number of likely N-dealkylation sites (tertiary alicyclic amines) is 1. The number of hydrogen-bond acceptors (Lipinski definition) is 4. The van der Waals surface area contributed by atoms with E-state index in [0.717, 1.165) is 25.3 Å². The van der Waals surface area contributed by atoms with Crippen LogP contribution in [0.5, 0.6) is 0 Å². The molecule has 90 valence electrons. The molecular weight excluding hydrogens is 232 g/mol. The lowest BCUT2D eigenvalue weighted by Gasteiger charge is -2.39. The first kappa shape index (κ1) is 10.9. The number of nitrogens with zero attached hydrogens (tertiary/aromatic N) is 4. The van der Waals surface area contributed by atoms with Crippen molar-refractivity contribution in [3.63, 3.8) is 0 Å². The Balaban J connectivity index is 1.59. The van der Waals surface area contributed by atoms with E-state index in [1.54, 1.807) is 11.3 Å². The van der Waals surface area contributed by atoms with Gasteiger partial charge in [-0.05, 0) is 19.9 Å². The summed E-state index contributed by atoms with van der Waals surface area (Å²) >= 11 is 1.73. The Hall–Kier alpha value is -1.20. The van der Waals surface area contributed by atoms with E-state index in [0.29, 0.717) is 6.04 Å². The van der Waals surface area contributed by atoms with Crippen molar-refractivity contribution in [1.82, 2.24) is 19.7 Å². The van der Waals surface area contributed by atoms with Crippen LogP contribution in [0.3, 0.4) is 0 Å². The molecule has 1 saturated heterocycles. The monoisotopic (exact) mass is 248 g/mol. The predicted molar refractivity (Wildman–Crippen MR) is 68.1 cm³/mol. The second-order valence-corrected chi connectivity index (χ2v) is 5.62. The van der Waals surface area contributed by atoms with Crippen molar-refractivity contribution >= 4 is 11.3 Å². The third-order valence-electron chi connectivity index (χ3n) is 3.17. The molecule has 0 N–H and O–H groups in total. The third-order valence-corrected chi connectivity index (χ3v) is 3.94. The Kier molecular flexibility index (Phi) is 2.72. The Labute approximate surface area is 105 Å². The van der Waals surface area contributed by atoms with E-state index < -0.39 is 0 Å². The SMILES string of the molecule is Cc1cc(C)n(C2CN(Cc3nccs3)C2)n1. The summed E-state index contributed by atoms with van der Waals surface area (Å²) in [6.07, 6.45) is 1.87. The van der Waals surface area contributed by atoms with Crippen molar-refractivity contribution in [2.45, 2.75) is 26.4 Å². The van der Waals surface area contributed by atoms with Gasteiger partial charge in [-0.3, -0.25) is 9.58 Å². The Bertz CT molecular complexity index is 497. The minimum absolute atomic E-state index is 0.545. The van der Waals surface area contributed by atoms with Crippen LogP contribution in [0.15, 0.2) is 17.6 Å². The van der Waals surface area contributed by atoms with Crippen LogP contribution in [0.1, 0.15) is 22.4 Å². The molecule has 4 nitrogen and oxygen atoms in total. The Morgan fingerprint density at radius 2 is 2.24 bits per heavy atom. The molecule has 2 aromatic heterocycles. The molecule has 1 aliphatic rings. The Morgan fingerprint density at radius 3 is 2.82 bits per heavy atom. The van der Waals surface area contributed by atoms with E-state index in [4.69, 9.17) is 0 Å². The third kappa shape index (κ3) is 2.12. The molecule has 1 fully saturated rings. The fraction of sp³-hybridized carbons (Fsp3) is 0.500. The molecule has 0 unspecified atom stereocenters. The second-order valence-electron chi connectivity index (χ2n) is 4.65. The maximum atomic E-state index is 4.54. The van der Waals surface area contributed by atoms with Crippen LogP contribution in [0, 0.1) is 13.8 Å². The molecular formula is C12H16N4S. The highest BCUT2D eigenvalue weighted by Gasteiger charge is 2.29. The van der Waals surface area contributed by atoms with Crippen LogP contribution in [0.4, 0.5) is 0 Å². The van der Waals surface area contributed by atoms with Crippen molar-refractivity contribution in [2.75, 3.05) is 13.1 Å². The average Bonchev–Trinajstić information content (AvgIpc) is 2.81. The lowest BCUT2D eigenvalue weighted by Crippen LogP contribution is -2.47. The summed E-state index contributed by atoms with van der Waals surface area (Å²) in [4.78, 5) is 6.73.